The van der Waals surface area contributed by atoms with Crippen LogP contribution in [0.15, 0.2) is 29.1 Å². The van der Waals surface area contributed by atoms with Crippen LogP contribution in [-0.2, 0) is 26.6 Å². The van der Waals surface area contributed by atoms with E-state index in [0.717, 1.165) is 11.1 Å². The lowest BCUT2D eigenvalue weighted by molar-refractivity contribution is 0.400. The lowest BCUT2D eigenvalue weighted by Crippen LogP contribution is -2.28. The van der Waals surface area contributed by atoms with E-state index in [1.807, 2.05) is 17.9 Å². The van der Waals surface area contributed by atoms with E-state index in [4.69, 9.17) is 16.6 Å². The highest BCUT2D eigenvalue weighted by atomic mass is 35.5. The monoisotopic (exact) mass is 371 g/mol. The molecule has 0 atom stereocenters. The molecule has 4 rings (SSSR count). The van der Waals surface area contributed by atoms with E-state index in [1.165, 1.54) is 10.6 Å². The second-order valence-corrected chi connectivity index (χ2v) is 6.95. The van der Waals surface area contributed by atoms with Crippen molar-refractivity contribution in [1.82, 2.24) is 9.55 Å². The van der Waals surface area contributed by atoms with Crippen molar-refractivity contribution in [2.75, 3.05) is 4.90 Å². The Bertz CT molecular complexity index is 1110. The maximum atomic E-state index is 12.9. The Balaban J connectivity index is 1.88. The summed E-state index contributed by atoms with van der Waals surface area (Å²) < 4.78 is 1.50. The third kappa shape index (κ3) is 2.41. The molecule has 0 fully saturated rings. The van der Waals surface area contributed by atoms with Crippen molar-refractivity contribution in [3.63, 3.8) is 0 Å². The standard InChI is InChI=1S/C19H18ClN3O3/c1-3-10-6-12(20)7-13-16(10)21-19(22(2)18(13)26)23-8-11-4-5-15(24)17(25)14(11)9-23/h4-7,24-25H,3,8-9H2,1-2H3. The summed E-state index contributed by atoms with van der Waals surface area (Å²) in [5, 5.41) is 20.9. The van der Waals surface area contributed by atoms with Crippen molar-refractivity contribution in [3.8, 4) is 11.5 Å². The van der Waals surface area contributed by atoms with E-state index in [2.05, 4.69) is 0 Å². The first-order chi connectivity index (χ1) is 12.4. The van der Waals surface area contributed by atoms with Crippen molar-refractivity contribution in [3.05, 3.63) is 56.3 Å². The average Bonchev–Trinajstić information content (AvgIpc) is 3.05. The van der Waals surface area contributed by atoms with E-state index < -0.39 is 0 Å². The van der Waals surface area contributed by atoms with Gasteiger partial charge in [0.1, 0.15) is 0 Å². The first kappa shape index (κ1) is 16.7. The normalized spacial score (nSPS) is 13.4. The van der Waals surface area contributed by atoms with Gasteiger partial charge in [-0.2, -0.15) is 0 Å². The van der Waals surface area contributed by atoms with E-state index in [9.17, 15) is 15.0 Å². The zero-order valence-corrected chi connectivity index (χ0v) is 15.2. The quantitative estimate of drug-likeness (QED) is 0.677. The van der Waals surface area contributed by atoms with Gasteiger partial charge in [0.2, 0.25) is 5.95 Å². The highest BCUT2D eigenvalue weighted by molar-refractivity contribution is 6.31. The number of benzene rings is 2. The van der Waals surface area contributed by atoms with Gasteiger partial charge in [-0.1, -0.05) is 24.6 Å². The molecule has 26 heavy (non-hydrogen) atoms. The number of halogens is 1. The molecule has 0 spiro atoms. The fourth-order valence-corrected chi connectivity index (χ4v) is 3.77. The van der Waals surface area contributed by atoms with Gasteiger partial charge in [0.15, 0.2) is 11.5 Å². The number of anilines is 1. The summed E-state index contributed by atoms with van der Waals surface area (Å²) in [6, 6.07) is 6.74. The fourth-order valence-electron chi connectivity index (χ4n) is 3.53. The molecule has 1 aliphatic heterocycles. The molecule has 0 bridgehead atoms. The van der Waals surface area contributed by atoms with Crippen LogP contribution in [0.1, 0.15) is 23.6 Å². The summed E-state index contributed by atoms with van der Waals surface area (Å²) in [5.41, 5.74) is 2.97. The van der Waals surface area contributed by atoms with Gasteiger partial charge >= 0.3 is 0 Å². The van der Waals surface area contributed by atoms with Crippen molar-refractivity contribution in [2.45, 2.75) is 26.4 Å². The first-order valence-corrected chi connectivity index (χ1v) is 8.75. The van der Waals surface area contributed by atoms with Crippen LogP contribution < -0.4 is 10.5 Å². The fraction of sp³-hybridized carbons (Fsp3) is 0.263. The highest BCUT2D eigenvalue weighted by Gasteiger charge is 2.27. The Morgan fingerprint density at radius 3 is 2.73 bits per heavy atom. The smallest absolute Gasteiger partial charge is 0.262 e. The zero-order chi connectivity index (χ0) is 18.6. The van der Waals surface area contributed by atoms with Crippen LogP contribution in [-0.4, -0.2) is 19.8 Å². The van der Waals surface area contributed by atoms with Crippen LogP contribution in [0.4, 0.5) is 5.95 Å². The van der Waals surface area contributed by atoms with Crippen LogP contribution in [0.25, 0.3) is 10.9 Å². The maximum Gasteiger partial charge on any atom is 0.262 e. The molecule has 2 heterocycles. The van der Waals surface area contributed by atoms with Crippen molar-refractivity contribution in [2.24, 2.45) is 7.05 Å². The molecule has 134 valence electrons. The Labute approximate surface area is 154 Å². The molecule has 2 aromatic carbocycles. The topological polar surface area (TPSA) is 78.6 Å². The van der Waals surface area contributed by atoms with Crippen molar-refractivity contribution < 1.29 is 10.2 Å². The van der Waals surface area contributed by atoms with Gasteiger partial charge in [-0.25, -0.2) is 4.98 Å². The van der Waals surface area contributed by atoms with Crippen LogP contribution in [0.5, 0.6) is 11.5 Å². The third-order valence-corrected chi connectivity index (χ3v) is 5.15. The summed E-state index contributed by atoms with van der Waals surface area (Å²) in [6.45, 7) is 2.87. The van der Waals surface area contributed by atoms with Gasteiger partial charge in [-0.3, -0.25) is 9.36 Å². The number of phenols is 2. The molecule has 1 aromatic heterocycles. The molecule has 7 heteroatoms. The Morgan fingerprint density at radius 2 is 2.00 bits per heavy atom. The molecule has 0 radical (unpaired) electrons. The molecule has 0 saturated carbocycles. The van der Waals surface area contributed by atoms with Gasteiger partial charge in [0, 0.05) is 24.2 Å². The van der Waals surface area contributed by atoms with Gasteiger partial charge in [0.05, 0.1) is 17.4 Å². The minimum atomic E-state index is -0.162. The van der Waals surface area contributed by atoms with Crippen LogP contribution in [0, 0.1) is 0 Å². The second-order valence-electron chi connectivity index (χ2n) is 6.52. The van der Waals surface area contributed by atoms with Gasteiger partial charge in [0.25, 0.3) is 5.56 Å². The van der Waals surface area contributed by atoms with E-state index in [0.29, 0.717) is 46.9 Å². The van der Waals surface area contributed by atoms with E-state index in [1.54, 1.807) is 19.2 Å². The summed E-state index contributed by atoms with van der Waals surface area (Å²) in [6.07, 6.45) is 0.714. The molecule has 3 aromatic rings. The average molecular weight is 372 g/mol. The zero-order valence-electron chi connectivity index (χ0n) is 14.5. The number of phenolic OH excluding ortho intramolecular Hbond substituents is 2. The maximum absolute atomic E-state index is 12.9. The summed E-state index contributed by atoms with van der Waals surface area (Å²) in [7, 11) is 1.68. The number of aryl methyl sites for hydroxylation is 1. The molecule has 0 amide bonds. The largest absolute Gasteiger partial charge is 0.504 e. The predicted molar refractivity (Wildman–Crippen MR) is 101 cm³/mol. The molecule has 0 unspecified atom stereocenters. The number of hydrogen-bond donors (Lipinski definition) is 2. The predicted octanol–water partition coefficient (Wildman–Crippen LogP) is 3.08. The molecule has 2 N–H and O–H groups in total. The summed E-state index contributed by atoms with van der Waals surface area (Å²) >= 11 is 6.15. The van der Waals surface area contributed by atoms with E-state index >= 15 is 0 Å². The highest BCUT2D eigenvalue weighted by Crippen LogP contribution is 2.38. The summed E-state index contributed by atoms with van der Waals surface area (Å²) in [4.78, 5) is 19.5. The molecular weight excluding hydrogens is 354 g/mol. The Kier molecular flexibility index (Phi) is 3.80. The van der Waals surface area contributed by atoms with Gasteiger partial charge in [-0.05, 0) is 35.7 Å². The molecule has 0 saturated heterocycles. The lowest BCUT2D eigenvalue weighted by atomic mass is 10.1. The number of fused-ring (bicyclic) bond motifs is 2. The first-order valence-electron chi connectivity index (χ1n) is 8.37. The molecule has 1 aliphatic rings. The SMILES string of the molecule is CCc1cc(Cl)cc2c(=O)n(C)c(N3Cc4ccc(O)c(O)c4C3)nc12. The van der Waals surface area contributed by atoms with Gasteiger partial charge < -0.3 is 15.1 Å². The lowest BCUT2D eigenvalue weighted by Gasteiger charge is -2.20. The summed E-state index contributed by atoms with van der Waals surface area (Å²) in [5.74, 6) is 0.264. The van der Waals surface area contributed by atoms with Crippen LogP contribution >= 0.6 is 11.6 Å². The number of aromatic nitrogens is 2. The third-order valence-electron chi connectivity index (χ3n) is 4.93. The van der Waals surface area contributed by atoms with Crippen molar-refractivity contribution in [1.29, 1.82) is 0 Å². The Hall–Kier alpha value is -2.73. The number of aromatic hydroxyl groups is 2. The van der Waals surface area contributed by atoms with Crippen LogP contribution in [0.2, 0.25) is 5.02 Å². The minimum absolute atomic E-state index is 0.114. The van der Waals surface area contributed by atoms with Crippen LogP contribution in [0.3, 0.4) is 0 Å². The Morgan fingerprint density at radius 1 is 1.23 bits per heavy atom. The second kappa shape index (κ2) is 5.92. The van der Waals surface area contributed by atoms with E-state index in [-0.39, 0.29) is 17.1 Å². The number of nitrogens with zero attached hydrogens (tertiary/aromatic N) is 3. The number of hydrogen-bond acceptors (Lipinski definition) is 5. The number of rotatable bonds is 2. The minimum Gasteiger partial charge on any atom is -0.504 e. The molecule has 6 nitrogen and oxygen atoms in total. The molecular formula is C19H18ClN3O3. The van der Waals surface area contributed by atoms with Gasteiger partial charge in [-0.15, -0.1) is 0 Å². The van der Waals surface area contributed by atoms with Crippen molar-refractivity contribution >= 4 is 28.5 Å². The molecule has 0 aliphatic carbocycles.